The zero-order chi connectivity index (χ0) is 15.4. The smallest absolute Gasteiger partial charge is 0.354 e. The highest BCUT2D eigenvalue weighted by molar-refractivity contribution is 5.99. The van der Waals surface area contributed by atoms with E-state index in [1.165, 1.54) is 5.57 Å². The second-order valence-corrected chi connectivity index (χ2v) is 4.97. The Balaban J connectivity index is 2.01. The number of aromatic carboxylic acids is 1. The molecule has 0 unspecified atom stereocenters. The summed E-state index contributed by atoms with van der Waals surface area (Å²) in [6.07, 6.45) is 2.73. The number of aromatic nitrogens is 1. The predicted octanol–water partition coefficient (Wildman–Crippen LogP) is 1.83. The van der Waals surface area contributed by atoms with Gasteiger partial charge in [0.1, 0.15) is 5.69 Å². The number of nitrogens with one attached hydrogen (secondary N) is 2. The molecule has 2 heterocycles. The molecule has 1 aliphatic heterocycles. The molecule has 0 aliphatic carbocycles. The monoisotopic (exact) mass is 293 g/mol. The van der Waals surface area contributed by atoms with Crippen LogP contribution in [0.1, 0.15) is 22.6 Å². The molecule has 0 saturated carbocycles. The van der Waals surface area contributed by atoms with Crippen LogP contribution >= 0.6 is 0 Å². The molecular formula is C14H19N3O4. The first-order chi connectivity index (χ1) is 10.0. The van der Waals surface area contributed by atoms with E-state index in [0.717, 1.165) is 6.42 Å². The fourth-order valence-corrected chi connectivity index (χ4v) is 2.26. The third kappa shape index (κ3) is 3.63. The molecule has 0 fully saturated rings. The van der Waals surface area contributed by atoms with Gasteiger partial charge in [0.15, 0.2) is 0 Å². The fraction of sp³-hybridized carbons (Fsp3) is 0.429. The average Bonchev–Trinajstić information content (AvgIpc) is 2.81. The van der Waals surface area contributed by atoms with E-state index >= 15 is 0 Å². The first-order valence-corrected chi connectivity index (χ1v) is 6.67. The van der Waals surface area contributed by atoms with Crippen molar-refractivity contribution in [3.05, 3.63) is 29.1 Å². The lowest BCUT2D eigenvalue weighted by Gasteiger charge is -2.26. The molecule has 3 N–H and O–H groups in total. The summed E-state index contributed by atoms with van der Waals surface area (Å²) in [5, 5.41) is 11.7. The highest BCUT2D eigenvalue weighted by Gasteiger charge is 2.20. The summed E-state index contributed by atoms with van der Waals surface area (Å²) in [7, 11) is 1.64. The van der Waals surface area contributed by atoms with E-state index in [4.69, 9.17) is 9.84 Å². The van der Waals surface area contributed by atoms with Crippen molar-refractivity contribution < 1.29 is 19.4 Å². The molecule has 7 heteroatoms. The second-order valence-electron chi connectivity index (χ2n) is 4.97. The first kappa shape index (κ1) is 15.1. The Bertz CT molecular complexity index is 577. The number of H-pyrrole nitrogens is 1. The number of amides is 2. The molecule has 0 spiro atoms. The van der Waals surface area contributed by atoms with Crippen molar-refractivity contribution >= 4 is 17.7 Å². The number of aryl methyl sites for hydroxylation is 1. The Morgan fingerprint density at radius 2 is 2.29 bits per heavy atom. The van der Waals surface area contributed by atoms with E-state index < -0.39 is 5.97 Å². The number of urea groups is 1. The molecule has 0 atom stereocenters. The average molecular weight is 293 g/mol. The summed E-state index contributed by atoms with van der Waals surface area (Å²) < 4.78 is 5.06. The minimum absolute atomic E-state index is 0.00604. The maximum Gasteiger partial charge on any atom is 0.354 e. The van der Waals surface area contributed by atoms with E-state index in [0.29, 0.717) is 25.4 Å². The van der Waals surface area contributed by atoms with Crippen LogP contribution in [0.5, 0.6) is 0 Å². The number of carbonyl (C=O) groups excluding carboxylic acids is 1. The fourth-order valence-electron chi connectivity index (χ4n) is 2.26. The van der Waals surface area contributed by atoms with Crippen LogP contribution in [0.4, 0.5) is 10.5 Å². The van der Waals surface area contributed by atoms with Gasteiger partial charge in [0.25, 0.3) is 0 Å². The molecule has 2 amide bonds. The summed E-state index contributed by atoms with van der Waals surface area (Å²) in [6.45, 7) is 3.40. The summed E-state index contributed by atoms with van der Waals surface area (Å²) in [6, 6.07) is 1.31. The van der Waals surface area contributed by atoms with Crippen LogP contribution in [0.3, 0.4) is 0 Å². The van der Waals surface area contributed by atoms with Crippen LogP contribution in [-0.2, 0) is 4.74 Å². The van der Waals surface area contributed by atoms with E-state index in [2.05, 4.69) is 10.3 Å². The SMILES string of the molecule is COCC1=CCN(C(=O)Nc2cc(C)[nH]c2C(=O)O)CC1. The molecule has 1 aliphatic rings. The van der Waals surface area contributed by atoms with Crippen molar-refractivity contribution in [1.29, 1.82) is 0 Å². The van der Waals surface area contributed by atoms with Crippen molar-refractivity contribution in [2.24, 2.45) is 0 Å². The first-order valence-electron chi connectivity index (χ1n) is 6.67. The zero-order valence-electron chi connectivity index (χ0n) is 12.1. The van der Waals surface area contributed by atoms with Gasteiger partial charge in [-0.2, -0.15) is 0 Å². The van der Waals surface area contributed by atoms with Gasteiger partial charge in [-0.05, 0) is 25.0 Å². The van der Waals surface area contributed by atoms with Gasteiger partial charge < -0.3 is 25.0 Å². The van der Waals surface area contributed by atoms with Crippen LogP contribution in [0.15, 0.2) is 17.7 Å². The van der Waals surface area contributed by atoms with Crippen LogP contribution in [-0.4, -0.2) is 53.8 Å². The van der Waals surface area contributed by atoms with E-state index in [-0.39, 0.29) is 17.4 Å². The van der Waals surface area contributed by atoms with Gasteiger partial charge in [-0.25, -0.2) is 9.59 Å². The number of nitrogens with zero attached hydrogens (tertiary/aromatic N) is 1. The van der Waals surface area contributed by atoms with E-state index in [1.54, 1.807) is 25.0 Å². The third-order valence-corrected chi connectivity index (χ3v) is 3.33. The maximum atomic E-state index is 12.2. The number of aromatic amines is 1. The highest BCUT2D eigenvalue weighted by Crippen LogP contribution is 2.18. The predicted molar refractivity (Wildman–Crippen MR) is 77.7 cm³/mol. The number of methoxy groups -OCH3 is 1. The van der Waals surface area contributed by atoms with Crippen LogP contribution in [0.25, 0.3) is 0 Å². The van der Waals surface area contributed by atoms with Gasteiger partial charge in [0, 0.05) is 25.9 Å². The zero-order valence-corrected chi connectivity index (χ0v) is 12.1. The molecule has 0 saturated heterocycles. The Morgan fingerprint density at radius 3 is 2.86 bits per heavy atom. The highest BCUT2D eigenvalue weighted by atomic mass is 16.5. The summed E-state index contributed by atoms with van der Waals surface area (Å²) >= 11 is 0. The summed E-state index contributed by atoms with van der Waals surface area (Å²) in [5.41, 5.74) is 2.14. The Labute approximate surface area is 122 Å². The summed E-state index contributed by atoms with van der Waals surface area (Å²) in [4.78, 5) is 27.6. The van der Waals surface area contributed by atoms with Crippen molar-refractivity contribution in [3.8, 4) is 0 Å². The Morgan fingerprint density at radius 1 is 1.52 bits per heavy atom. The topological polar surface area (TPSA) is 94.7 Å². The number of anilines is 1. The van der Waals surface area contributed by atoms with Gasteiger partial charge in [0.05, 0.1) is 12.3 Å². The second kappa shape index (κ2) is 6.45. The van der Waals surface area contributed by atoms with Gasteiger partial charge in [0.2, 0.25) is 0 Å². The molecule has 1 aromatic heterocycles. The van der Waals surface area contributed by atoms with Crippen LogP contribution < -0.4 is 5.32 Å². The van der Waals surface area contributed by atoms with E-state index in [1.807, 2.05) is 6.08 Å². The Hall–Kier alpha value is -2.28. The molecule has 1 aromatic rings. The van der Waals surface area contributed by atoms with Crippen molar-refractivity contribution in [3.63, 3.8) is 0 Å². The lowest BCUT2D eigenvalue weighted by Crippen LogP contribution is -2.38. The molecule has 2 rings (SSSR count). The number of ether oxygens (including phenoxy) is 1. The molecular weight excluding hydrogens is 274 g/mol. The van der Waals surface area contributed by atoms with Gasteiger partial charge in [-0.1, -0.05) is 6.08 Å². The van der Waals surface area contributed by atoms with Crippen LogP contribution in [0, 0.1) is 6.92 Å². The molecule has 0 bridgehead atoms. The van der Waals surface area contributed by atoms with Crippen molar-refractivity contribution in [2.45, 2.75) is 13.3 Å². The number of carboxylic acid groups (broad SMARTS) is 1. The van der Waals surface area contributed by atoms with Gasteiger partial charge in [-0.3, -0.25) is 0 Å². The lowest BCUT2D eigenvalue weighted by molar-refractivity contribution is 0.0692. The van der Waals surface area contributed by atoms with E-state index in [9.17, 15) is 9.59 Å². The van der Waals surface area contributed by atoms with Crippen LogP contribution in [0.2, 0.25) is 0 Å². The molecule has 21 heavy (non-hydrogen) atoms. The number of hydrogen-bond acceptors (Lipinski definition) is 3. The molecule has 114 valence electrons. The minimum atomic E-state index is -1.10. The minimum Gasteiger partial charge on any atom is -0.477 e. The number of rotatable bonds is 4. The largest absolute Gasteiger partial charge is 0.477 e. The molecule has 0 aromatic carbocycles. The van der Waals surface area contributed by atoms with Crippen molar-refractivity contribution in [1.82, 2.24) is 9.88 Å². The molecule has 0 radical (unpaired) electrons. The van der Waals surface area contributed by atoms with Gasteiger partial charge >= 0.3 is 12.0 Å². The molecule has 7 nitrogen and oxygen atoms in total. The van der Waals surface area contributed by atoms with Gasteiger partial charge in [-0.15, -0.1) is 0 Å². The number of hydrogen-bond donors (Lipinski definition) is 3. The quantitative estimate of drug-likeness (QED) is 0.738. The third-order valence-electron chi connectivity index (χ3n) is 3.33. The maximum absolute atomic E-state index is 12.2. The normalized spacial score (nSPS) is 14.8. The number of carboxylic acids is 1. The Kier molecular flexibility index (Phi) is 4.64. The van der Waals surface area contributed by atoms with Crippen molar-refractivity contribution in [2.75, 3.05) is 32.1 Å². The number of carbonyl (C=O) groups is 2. The summed E-state index contributed by atoms with van der Waals surface area (Å²) in [5.74, 6) is -1.10. The lowest BCUT2D eigenvalue weighted by atomic mass is 10.1. The standard InChI is InChI=1S/C14H19N3O4/c1-9-7-11(12(15-9)13(18)19)16-14(20)17-5-3-10(4-6-17)8-21-2/h3,7,15H,4-6,8H2,1-2H3,(H,16,20)(H,18,19).